The molecule has 0 aliphatic carbocycles. The average molecular weight is 231 g/mol. The number of nitrogens with one attached hydrogen (secondary N) is 2. The van der Waals surface area contributed by atoms with Gasteiger partial charge in [-0.15, -0.1) is 0 Å². The summed E-state index contributed by atoms with van der Waals surface area (Å²) in [7, 11) is 1.96. The van der Waals surface area contributed by atoms with E-state index in [0.717, 1.165) is 30.8 Å². The molecule has 0 spiro atoms. The maximum absolute atomic E-state index is 8.80. The maximum Gasteiger partial charge on any atom is 0.143 e. The van der Waals surface area contributed by atoms with Crippen LogP contribution >= 0.6 is 0 Å². The molecule has 1 atom stereocenters. The molecule has 1 aliphatic heterocycles. The molecule has 2 N–H and O–H groups in total. The maximum atomic E-state index is 8.80. The Kier molecular flexibility index (Phi) is 3.84. The number of benzene rings is 1. The highest BCUT2D eigenvalue weighted by Crippen LogP contribution is 2.30. The first kappa shape index (κ1) is 11.7. The SMILES string of the molecule is CNCCCC1COc2cc(C#N)ccc2N1. The molecule has 0 saturated heterocycles. The van der Waals surface area contributed by atoms with E-state index in [1.54, 1.807) is 6.07 Å². The zero-order valence-corrected chi connectivity index (χ0v) is 9.99. The standard InChI is InChI=1S/C13H17N3O/c1-15-6-2-3-11-9-17-13-7-10(8-14)4-5-12(13)16-11/h4-5,7,11,15-16H,2-3,6,9H2,1H3. The summed E-state index contributed by atoms with van der Waals surface area (Å²) in [5, 5.41) is 15.4. The van der Waals surface area contributed by atoms with Crippen molar-refractivity contribution in [2.24, 2.45) is 0 Å². The van der Waals surface area contributed by atoms with Crippen LogP contribution < -0.4 is 15.4 Å². The summed E-state index contributed by atoms with van der Waals surface area (Å²) in [4.78, 5) is 0. The number of hydrogen-bond acceptors (Lipinski definition) is 4. The largest absolute Gasteiger partial charge is 0.489 e. The zero-order valence-electron chi connectivity index (χ0n) is 9.99. The number of rotatable bonds is 4. The molecule has 0 amide bonds. The van der Waals surface area contributed by atoms with E-state index in [-0.39, 0.29) is 0 Å². The van der Waals surface area contributed by atoms with Crippen LogP contribution in [0.4, 0.5) is 5.69 Å². The second kappa shape index (κ2) is 5.55. The van der Waals surface area contributed by atoms with E-state index >= 15 is 0 Å². The molecular formula is C13H17N3O. The van der Waals surface area contributed by atoms with E-state index in [2.05, 4.69) is 16.7 Å². The molecule has 4 nitrogen and oxygen atoms in total. The van der Waals surface area contributed by atoms with Crippen molar-refractivity contribution in [1.82, 2.24) is 5.32 Å². The van der Waals surface area contributed by atoms with E-state index in [1.807, 2.05) is 19.2 Å². The molecule has 1 heterocycles. The van der Waals surface area contributed by atoms with Crippen molar-refractivity contribution in [3.8, 4) is 11.8 Å². The van der Waals surface area contributed by atoms with Gasteiger partial charge in [0.2, 0.25) is 0 Å². The van der Waals surface area contributed by atoms with Crippen molar-refractivity contribution in [3.05, 3.63) is 23.8 Å². The highest BCUT2D eigenvalue weighted by Gasteiger charge is 2.18. The lowest BCUT2D eigenvalue weighted by atomic mass is 10.1. The van der Waals surface area contributed by atoms with Crippen LogP contribution in [0.1, 0.15) is 18.4 Å². The molecule has 2 rings (SSSR count). The van der Waals surface area contributed by atoms with E-state index in [0.29, 0.717) is 18.2 Å². The van der Waals surface area contributed by atoms with Crippen LogP contribution in [0, 0.1) is 11.3 Å². The van der Waals surface area contributed by atoms with E-state index in [9.17, 15) is 0 Å². The van der Waals surface area contributed by atoms with Gasteiger partial charge in [-0.1, -0.05) is 0 Å². The van der Waals surface area contributed by atoms with Gasteiger partial charge < -0.3 is 15.4 Å². The van der Waals surface area contributed by atoms with Crippen LogP contribution in [0.25, 0.3) is 0 Å². The van der Waals surface area contributed by atoms with Gasteiger partial charge in [-0.2, -0.15) is 5.26 Å². The second-order valence-corrected chi connectivity index (χ2v) is 4.22. The van der Waals surface area contributed by atoms with Gasteiger partial charge in [-0.05, 0) is 38.6 Å². The third-order valence-corrected chi connectivity index (χ3v) is 2.89. The average Bonchev–Trinajstić information content (AvgIpc) is 2.38. The fourth-order valence-electron chi connectivity index (χ4n) is 1.96. The molecule has 4 heteroatoms. The summed E-state index contributed by atoms with van der Waals surface area (Å²) in [6.07, 6.45) is 2.21. The summed E-state index contributed by atoms with van der Waals surface area (Å²) >= 11 is 0. The normalized spacial score (nSPS) is 17.5. The summed E-state index contributed by atoms with van der Waals surface area (Å²) in [5.74, 6) is 0.786. The smallest absolute Gasteiger partial charge is 0.143 e. The van der Waals surface area contributed by atoms with Crippen LogP contribution in [-0.4, -0.2) is 26.2 Å². The minimum absolute atomic E-state index is 0.365. The quantitative estimate of drug-likeness (QED) is 0.775. The first-order valence-electron chi connectivity index (χ1n) is 5.91. The predicted molar refractivity (Wildman–Crippen MR) is 67.2 cm³/mol. The lowest BCUT2D eigenvalue weighted by Gasteiger charge is -2.27. The molecule has 0 aromatic heterocycles. The Balaban J connectivity index is 1.97. The fourth-order valence-corrected chi connectivity index (χ4v) is 1.96. The highest BCUT2D eigenvalue weighted by molar-refractivity contribution is 5.61. The van der Waals surface area contributed by atoms with Crippen LogP contribution in [0.15, 0.2) is 18.2 Å². The molecule has 90 valence electrons. The fraction of sp³-hybridized carbons (Fsp3) is 0.462. The van der Waals surface area contributed by atoms with Gasteiger partial charge in [0.1, 0.15) is 12.4 Å². The number of fused-ring (bicyclic) bond motifs is 1. The van der Waals surface area contributed by atoms with E-state index < -0.39 is 0 Å². The Hall–Kier alpha value is -1.73. The molecule has 1 aromatic carbocycles. The number of ether oxygens (including phenoxy) is 1. The summed E-state index contributed by atoms with van der Waals surface area (Å²) in [6.45, 7) is 1.70. The van der Waals surface area contributed by atoms with Crippen molar-refractivity contribution in [2.75, 3.05) is 25.5 Å². The van der Waals surface area contributed by atoms with Crippen molar-refractivity contribution < 1.29 is 4.74 Å². The van der Waals surface area contributed by atoms with Gasteiger partial charge in [0, 0.05) is 6.07 Å². The van der Waals surface area contributed by atoms with Crippen LogP contribution in [0.3, 0.4) is 0 Å². The second-order valence-electron chi connectivity index (χ2n) is 4.22. The molecule has 1 aromatic rings. The van der Waals surface area contributed by atoms with Crippen LogP contribution in [0.5, 0.6) is 5.75 Å². The molecule has 0 fully saturated rings. The van der Waals surface area contributed by atoms with Crippen molar-refractivity contribution >= 4 is 5.69 Å². The number of hydrogen-bond donors (Lipinski definition) is 2. The van der Waals surface area contributed by atoms with Gasteiger partial charge >= 0.3 is 0 Å². The molecule has 0 bridgehead atoms. The van der Waals surface area contributed by atoms with Crippen LogP contribution in [-0.2, 0) is 0 Å². The monoisotopic (exact) mass is 231 g/mol. The number of anilines is 1. The Bertz CT molecular complexity index is 425. The Labute approximate surface area is 102 Å². The Morgan fingerprint density at radius 3 is 3.24 bits per heavy atom. The molecule has 0 radical (unpaired) electrons. The molecular weight excluding hydrogens is 214 g/mol. The number of nitriles is 1. The van der Waals surface area contributed by atoms with Gasteiger partial charge in [0.15, 0.2) is 0 Å². The topological polar surface area (TPSA) is 57.1 Å². The van der Waals surface area contributed by atoms with E-state index in [4.69, 9.17) is 10.00 Å². The number of nitrogens with zero attached hydrogens (tertiary/aromatic N) is 1. The molecule has 1 aliphatic rings. The van der Waals surface area contributed by atoms with Crippen molar-refractivity contribution in [2.45, 2.75) is 18.9 Å². The third-order valence-electron chi connectivity index (χ3n) is 2.89. The van der Waals surface area contributed by atoms with Crippen molar-refractivity contribution in [3.63, 3.8) is 0 Å². The molecule has 0 saturated carbocycles. The summed E-state index contributed by atoms with van der Waals surface area (Å²) in [6, 6.07) is 7.99. The van der Waals surface area contributed by atoms with Gasteiger partial charge in [0.25, 0.3) is 0 Å². The van der Waals surface area contributed by atoms with Gasteiger partial charge in [0.05, 0.1) is 23.4 Å². The van der Waals surface area contributed by atoms with Crippen LogP contribution in [0.2, 0.25) is 0 Å². The lowest BCUT2D eigenvalue weighted by molar-refractivity contribution is 0.276. The van der Waals surface area contributed by atoms with E-state index in [1.165, 1.54) is 0 Å². The van der Waals surface area contributed by atoms with Gasteiger partial charge in [-0.25, -0.2) is 0 Å². The molecule has 1 unspecified atom stereocenters. The summed E-state index contributed by atoms with van der Waals surface area (Å²) in [5.41, 5.74) is 1.63. The first-order valence-corrected chi connectivity index (χ1v) is 5.91. The third kappa shape index (κ3) is 2.89. The summed E-state index contributed by atoms with van der Waals surface area (Å²) < 4.78 is 5.68. The lowest BCUT2D eigenvalue weighted by Crippen LogP contribution is -2.32. The molecule has 17 heavy (non-hydrogen) atoms. The van der Waals surface area contributed by atoms with Crippen molar-refractivity contribution in [1.29, 1.82) is 5.26 Å². The zero-order chi connectivity index (χ0) is 12.1. The predicted octanol–water partition coefficient (Wildman–Crippen LogP) is 1.73. The Morgan fingerprint density at radius 2 is 2.47 bits per heavy atom. The minimum Gasteiger partial charge on any atom is -0.489 e. The minimum atomic E-state index is 0.365. The first-order chi connectivity index (χ1) is 8.33. The Morgan fingerprint density at radius 1 is 1.59 bits per heavy atom. The van der Waals surface area contributed by atoms with Gasteiger partial charge in [-0.3, -0.25) is 0 Å². The highest BCUT2D eigenvalue weighted by atomic mass is 16.5.